The molecule has 9 heteroatoms. The van der Waals surface area contributed by atoms with E-state index in [-0.39, 0.29) is 0 Å². The predicted molar refractivity (Wildman–Crippen MR) is 118 cm³/mol. The topological polar surface area (TPSA) is 85.5 Å². The SMILES string of the molecule is COc1cc(F)c2nc(N3CCC(N[C@H]4CCCOC4)CC3)c(-c3nc(C)no3)cc2c1. The third-order valence-electron chi connectivity index (χ3n) is 6.24. The maximum Gasteiger partial charge on any atom is 0.261 e. The molecule has 5 rings (SSSR count). The largest absolute Gasteiger partial charge is 0.497 e. The van der Waals surface area contributed by atoms with Crippen LogP contribution < -0.4 is 15.0 Å². The van der Waals surface area contributed by atoms with Crippen molar-refractivity contribution < 1.29 is 18.4 Å². The number of rotatable bonds is 5. The Labute approximate surface area is 186 Å². The molecule has 0 radical (unpaired) electrons. The molecule has 0 saturated carbocycles. The molecule has 1 atom stereocenters. The van der Waals surface area contributed by atoms with Crippen LogP contribution in [0.4, 0.5) is 10.2 Å². The number of hydrogen-bond acceptors (Lipinski definition) is 8. The Morgan fingerprint density at radius 3 is 2.66 bits per heavy atom. The van der Waals surface area contributed by atoms with Crippen LogP contribution in [-0.2, 0) is 4.74 Å². The second-order valence-corrected chi connectivity index (χ2v) is 8.53. The first kappa shape index (κ1) is 21.1. The van der Waals surface area contributed by atoms with Crippen LogP contribution in [0.5, 0.6) is 5.75 Å². The number of nitrogens with zero attached hydrogens (tertiary/aromatic N) is 4. The number of pyridine rings is 1. The summed E-state index contributed by atoms with van der Waals surface area (Å²) < 4.78 is 31.1. The van der Waals surface area contributed by atoms with Gasteiger partial charge in [-0.3, -0.25) is 0 Å². The normalized spacial score (nSPS) is 20.1. The molecule has 1 aromatic carbocycles. The maximum atomic E-state index is 14.8. The van der Waals surface area contributed by atoms with Gasteiger partial charge in [-0.2, -0.15) is 4.98 Å². The van der Waals surface area contributed by atoms with Gasteiger partial charge in [0.05, 0.1) is 19.3 Å². The number of nitrogens with one attached hydrogen (secondary N) is 1. The van der Waals surface area contributed by atoms with Crippen LogP contribution >= 0.6 is 0 Å². The number of aryl methyl sites for hydroxylation is 1. The van der Waals surface area contributed by atoms with Crippen molar-refractivity contribution in [2.24, 2.45) is 0 Å². The highest BCUT2D eigenvalue weighted by molar-refractivity contribution is 5.89. The molecule has 1 N–H and O–H groups in total. The summed E-state index contributed by atoms with van der Waals surface area (Å²) in [4.78, 5) is 11.3. The molecule has 4 heterocycles. The summed E-state index contributed by atoms with van der Waals surface area (Å²) in [6.45, 7) is 5.04. The zero-order valence-electron chi connectivity index (χ0n) is 18.4. The van der Waals surface area contributed by atoms with Crippen molar-refractivity contribution >= 4 is 16.7 Å². The van der Waals surface area contributed by atoms with Crippen LogP contribution in [0.15, 0.2) is 22.7 Å². The fourth-order valence-corrected chi connectivity index (χ4v) is 4.59. The quantitative estimate of drug-likeness (QED) is 0.644. The molecule has 0 aliphatic carbocycles. The average molecular weight is 442 g/mol. The number of aromatic nitrogens is 3. The van der Waals surface area contributed by atoms with Crippen LogP contribution in [0.2, 0.25) is 0 Å². The zero-order chi connectivity index (χ0) is 22.1. The number of piperidine rings is 1. The molecule has 0 spiro atoms. The molecular formula is C23H28FN5O3. The summed E-state index contributed by atoms with van der Waals surface area (Å²) in [5, 5.41) is 8.31. The van der Waals surface area contributed by atoms with Crippen molar-refractivity contribution in [1.29, 1.82) is 0 Å². The molecule has 0 bridgehead atoms. The summed E-state index contributed by atoms with van der Waals surface area (Å²) in [7, 11) is 1.52. The summed E-state index contributed by atoms with van der Waals surface area (Å²) in [6.07, 6.45) is 4.23. The highest BCUT2D eigenvalue weighted by Gasteiger charge is 2.27. The van der Waals surface area contributed by atoms with E-state index in [1.165, 1.54) is 13.2 Å². The molecule has 32 heavy (non-hydrogen) atoms. The van der Waals surface area contributed by atoms with Gasteiger partial charge in [-0.25, -0.2) is 9.37 Å². The first-order chi connectivity index (χ1) is 15.6. The average Bonchev–Trinajstić information content (AvgIpc) is 3.25. The van der Waals surface area contributed by atoms with E-state index in [0.29, 0.717) is 51.8 Å². The van der Waals surface area contributed by atoms with Gasteiger partial charge in [0, 0.05) is 43.2 Å². The van der Waals surface area contributed by atoms with Crippen LogP contribution in [-0.4, -0.2) is 60.6 Å². The predicted octanol–water partition coefficient (Wildman–Crippen LogP) is 3.48. The van der Waals surface area contributed by atoms with E-state index in [0.717, 1.165) is 52.0 Å². The number of ether oxygens (including phenoxy) is 2. The van der Waals surface area contributed by atoms with E-state index in [4.69, 9.17) is 19.0 Å². The van der Waals surface area contributed by atoms with Crippen molar-refractivity contribution in [3.05, 3.63) is 29.8 Å². The number of methoxy groups -OCH3 is 1. The molecule has 2 aliphatic heterocycles. The lowest BCUT2D eigenvalue weighted by molar-refractivity contribution is 0.0650. The number of fused-ring (bicyclic) bond motifs is 1. The number of anilines is 1. The summed E-state index contributed by atoms with van der Waals surface area (Å²) in [5.41, 5.74) is 1.01. The second-order valence-electron chi connectivity index (χ2n) is 8.53. The Morgan fingerprint density at radius 2 is 1.97 bits per heavy atom. The first-order valence-corrected chi connectivity index (χ1v) is 11.2. The van der Waals surface area contributed by atoms with Crippen LogP contribution in [0.3, 0.4) is 0 Å². The third-order valence-corrected chi connectivity index (χ3v) is 6.24. The van der Waals surface area contributed by atoms with Gasteiger partial charge >= 0.3 is 0 Å². The summed E-state index contributed by atoms with van der Waals surface area (Å²) in [6, 6.07) is 5.86. The lowest BCUT2D eigenvalue weighted by atomic mass is 10.0. The Balaban J connectivity index is 1.44. The highest BCUT2D eigenvalue weighted by Crippen LogP contribution is 2.35. The van der Waals surface area contributed by atoms with Crippen LogP contribution in [0.1, 0.15) is 31.5 Å². The minimum Gasteiger partial charge on any atom is -0.497 e. The lowest BCUT2D eigenvalue weighted by Gasteiger charge is -2.36. The van der Waals surface area contributed by atoms with Gasteiger partial charge in [0.15, 0.2) is 11.6 Å². The van der Waals surface area contributed by atoms with Gasteiger partial charge in [-0.05, 0) is 44.7 Å². The van der Waals surface area contributed by atoms with Crippen molar-refractivity contribution in [3.8, 4) is 17.2 Å². The van der Waals surface area contributed by atoms with Crippen molar-refractivity contribution in [2.75, 3.05) is 38.3 Å². The van der Waals surface area contributed by atoms with Gasteiger partial charge < -0.3 is 24.2 Å². The third kappa shape index (κ3) is 4.27. The number of benzene rings is 1. The molecule has 170 valence electrons. The molecule has 8 nitrogen and oxygen atoms in total. The minimum atomic E-state index is -0.414. The van der Waals surface area contributed by atoms with E-state index in [1.807, 2.05) is 6.07 Å². The highest BCUT2D eigenvalue weighted by atomic mass is 19.1. The van der Waals surface area contributed by atoms with Gasteiger partial charge in [0.1, 0.15) is 17.1 Å². The maximum absolute atomic E-state index is 14.8. The van der Waals surface area contributed by atoms with Gasteiger partial charge in [-0.1, -0.05) is 5.16 Å². The van der Waals surface area contributed by atoms with Crippen LogP contribution in [0, 0.1) is 12.7 Å². The number of hydrogen-bond donors (Lipinski definition) is 1. The number of halogens is 1. The Bertz CT molecular complexity index is 1090. The van der Waals surface area contributed by atoms with Gasteiger partial charge in [0.2, 0.25) is 0 Å². The molecule has 0 unspecified atom stereocenters. The summed E-state index contributed by atoms with van der Waals surface area (Å²) in [5.74, 6) is 1.62. The van der Waals surface area contributed by atoms with E-state index in [1.54, 1.807) is 13.0 Å². The lowest BCUT2D eigenvalue weighted by Crippen LogP contribution is -2.48. The molecule has 2 fully saturated rings. The van der Waals surface area contributed by atoms with Crippen molar-refractivity contribution in [3.63, 3.8) is 0 Å². The fraction of sp³-hybridized carbons (Fsp3) is 0.522. The smallest absolute Gasteiger partial charge is 0.261 e. The monoisotopic (exact) mass is 441 g/mol. The molecule has 2 aliphatic rings. The Kier molecular flexibility index (Phi) is 5.93. The Morgan fingerprint density at radius 1 is 1.12 bits per heavy atom. The van der Waals surface area contributed by atoms with E-state index >= 15 is 0 Å². The van der Waals surface area contributed by atoms with E-state index in [2.05, 4.69) is 20.4 Å². The fourth-order valence-electron chi connectivity index (χ4n) is 4.59. The van der Waals surface area contributed by atoms with Crippen molar-refractivity contribution in [1.82, 2.24) is 20.4 Å². The van der Waals surface area contributed by atoms with E-state index in [9.17, 15) is 4.39 Å². The standard InChI is InChI=1S/C23H28FN5O3/c1-14-25-23(32-28-14)19-11-15-10-18(30-2)12-20(24)21(15)27-22(19)29-7-5-16(6-8-29)26-17-4-3-9-31-13-17/h10-12,16-17,26H,3-9,13H2,1-2H3/t17-/m0/s1. The summed E-state index contributed by atoms with van der Waals surface area (Å²) >= 11 is 0. The van der Waals surface area contributed by atoms with E-state index < -0.39 is 5.82 Å². The minimum absolute atomic E-state index is 0.306. The zero-order valence-corrected chi connectivity index (χ0v) is 18.4. The molecule has 3 aromatic rings. The van der Waals surface area contributed by atoms with Crippen molar-refractivity contribution in [2.45, 2.75) is 44.7 Å². The van der Waals surface area contributed by atoms with Gasteiger partial charge in [0.25, 0.3) is 5.89 Å². The molecule has 2 aromatic heterocycles. The second kappa shape index (κ2) is 8.99. The Hall–Kier alpha value is -2.78. The molecule has 2 saturated heterocycles. The first-order valence-electron chi connectivity index (χ1n) is 11.2. The van der Waals surface area contributed by atoms with Gasteiger partial charge in [-0.15, -0.1) is 0 Å². The molecule has 0 amide bonds. The van der Waals surface area contributed by atoms with Crippen LogP contribution in [0.25, 0.3) is 22.4 Å². The molecular weight excluding hydrogens is 413 g/mol.